The van der Waals surface area contributed by atoms with Gasteiger partial charge >= 0.3 is 11.5 Å². The Morgan fingerprint density at radius 3 is 2.60 bits per heavy atom. The molecule has 0 amide bonds. The van der Waals surface area contributed by atoms with Crippen molar-refractivity contribution in [1.29, 1.82) is 0 Å². The minimum atomic E-state index is 0.595. The van der Waals surface area contributed by atoms with Crippen LogP contribution in [-0.2, 0) is 7.05 Å². The van der Waals surface area contributed by atoms with Crippen molar-refractivity contribution in [2.45, 2.75) is 0 Å². The van der Waals surface area contributed by atoms with Crippen molar-refractivity contribution in [1.82, 2.24) is 4.98 Å². The van der Waals surface area contributed by atoms with Gasteiger partial charge < -0.3 is 9.32 Å². The first kappa shape index (κ1) is 18.1. The zero-order chi connectivity index (χ0) is 20.5. The number of benzene rings is 2. The highest BCUT2D eigenvalue weighted by Gasteiger charge is 2.20. The fraction of sp³-hybridized carbons (Fsp3) is 0.0769. The van der Waals surface area contributed by atoms with Crippen molar-refractivity contribution < 1.29 is 8.98 Å². The zero-order valence-electron chi connectivity index (χ0n) is 17.0. The summed E-state index contributed by atoms with van der Waals surface area (Å²) in [5.74, 6) is 0.595. The maximum atomic E-state index is 5.84. The summed E-state index contributed by atoms with van der Waals surface area (Å²) in [5, 5.41) is 0. The standard InChI is InChI=1S/C26H22N3O/c1-28-17-9-15-24-26(28)27-25(30-24)16-8-12-20-18-23(19-10-4-3-5-11-19)29(2)22-14-7-6-13-21(20)22/h3-18H,1-2H3/q+1. The predicted molar refractivity (Wildman–Crippen MR) is 121 cm³/mol. The number of aryl methyl sites for hydroxylation is 1. The molecule has 2 aromatic heterocycles. The number of anilines is 1. The Morgan fingerprint density at radius 1 is 0.967 bits per heavy atom. The molecule has 5 rings (SSSR count). The van der Waals surface area contributed by atoms with Gasteiger partial charge in [-0.2, -0.15) is 0 Å². The van der Waals surface area contributed by atoms with Gasteiger partial charge in [0.15, 0.2) is 0 Å². The smallest absolute Gasteiger partial charge is 0.370 e. The van der Waals surface area contributed by atoms with Crippen LogP contribution >= 0.6 is 0 Å². The summed E-state index contributed by atoms with van der Waals surface area (Å²) in [6, 6.07) is 22.8. The van der Waals surface area contributed by atoms with Crippen molar-refractivity contribution >= 4 is 34.3 Å². The van der Waals surface area contributed by atoms with Gasteiger partial charge in [-0.3, -0.25) is 0 Å². The van der Waals surface area contributed by atoms with Gasteiger partial charge in [0.05, 0.1) is 13.2 Å². The lowest BCUT2D eigenvalue weighted by Gasteiger charge is -2.30. The van der Waals surface area contributed by atoms with Crippen molar-refractivity contribution in [3.8, 4) is 0 Å². The van der Waals surface area contributed by atoms with Gasteiger partial charge in [0.2, 0.25) is 5.58 Å². The normalized spacial score (nSPS) is 15.1. The molecule has 4 aromatic rings. The van der Waals surface area contributed by atoms with E-state index >= 15 is 0 Å². The van der Waals surface area contributed by atoms with Crippen molar-refractivity contribution in [2.75, 3.05) is 11.9 Å². The molecule has 1 aliphatic rings. The summed E-state index contributed by atoms with van der Waals surface area (Å²) in [6.07, 6.45) is 10.2. The lowest BCUT2D eigenvalue weighted by Crippen LogP contribution is -2.27. The van der Waals surface area contributed by atoms with E-state index in [1.54, 1.807) is 0 Å². The molecule has 4 nitrogen and oxygen atoms in total. The van der Waals surface area contributed by atoms with E-state index in [1.165, 1.54) is 22.5 Å². The van der Waals surface area contributed by atoms with E-state index < -0.39 is 0 Å². The van der Waals surface area contributed by atoms with E-state index in [0.29, 0.717) is 5.89 Å². The Labute approximate surface area is 175 Å². The largest absolute Gasteiger partial charge is 0.411 e. The highest BCUT2D eigenvalue weighted by molar-refractivity contribution is 5.98. The molecule has 0 saturated carbocycles. The van der Waals surface area contributed by atoms with Crippen LogP contribution in [0.3, 0.4) is 0 Å². The summed E-state index contributed by atoms with van der Waals surface area (Å²) in [6.45, 7) is 0. The highest BCUT2D eigenvalue weighted by atomic mass is 16.3. The van der Waals surface area contributed by atoms with Crippen LogP contribution in [0.2, 0.25) is 0 Å². The molecule has 0 saturated heterocycles. The molecule has 0 radical (unpaired) electrons. The van der Waals surface area contributed by atoms with Crippen LogP contribution in [-0.4, -0.2) is 12.0 Å². The zero-order valence-corrected chi connectivity index (χ0v) is 17.0. The van der Waals surface area contributed by atoms with Crippen molar-refractivity contribution in [3.05, 3.63) is 108 Å². The molecule has 146 valence electrons. The van der Waals surface area contributed by atoms with Gasteiger partial charge in [0, 0.05) is 35.1 Å². The number of pyridine rings is 1. The van der Waals surface area contributed by atoms with E-state index in [9.17, 15) is 0 Å². The molecule has 0 fully saturated rings. The summed E-state index contributed by atoms with van der Waals surface area (Å²) in [7, 11) is 4.08. The first-order chi connectivity index (χ1) is 14.7. The minimum absolute atomic E-state index is 0.595. The summed E-state index contributed by atoms with van der Waals surface area (Å²) in [4.78, 5) is 6.81. The maximum Gasteiger partial charge on any atom is 0.370 e. The number of oxazole rings is 1. The monoisotopic (exact) mass is 392 g/mol. The van der Waals surface area contributed by atoms with Crippen LogP contribution in [0.1, 0.15) is 17.0 Å². The Morgan fingerprint density at radius 2 is 1.77 bits per heavy atom. The van der Waals surface area contributed by atoms with E-state index in [4.69, 9.17) is 4.42 Å². The van der Waals surface area contributed by atoms with Crippen LogP contribution in [0.4, 0.5) is 5.69 Å². The lowest BCUT2D eigenvalue weighted by molar-refractivity contribution is -0.646. The Bertz CT molecular complexity index is 1310. The molecule has 0 N–H and O–H groups in total. The third kappa shape index (κ3) is 3.22. The molecule has 0 unspecified atom stereocenters. The van der Waals surface area contributed by atoms with E-state index in [2.05, 4.69) is 77.6 Å². The molecular weight excluding hydrogens is 370 g/mol. The fourth-order valence-corrected chi connectivity index (χ4v) is 3.82. The molecule has 0 spiro atoms. The fourth-order valence-electron chi connectivity index (χ4n) is 3.82. The molecule has 1 aliphatic heterocycles. The van der Waals surface area contributed by atoms with Crippen molar-refractivity contribution in [3.63, 3.8) is 0 Å². The van der Waals surface area contributed by atoms with Crippen LogP contribution in [0.5, 0.6) is 0 Å². The van der Waals surface area contributed by atoms with Gasteiger partial charge in [-0.05, 0) is 35.4 Å². The molecule has 3 heterocycles. The van der Waals surface area contributed by atoms with Gasteiger partial charge in [-0.1, -0.05) is 60.7 Å². The SMILES string of the molecule is CN1C(c2ccccc2)=C/C(=C\C=C\c2nc3c(ccc[n+]3C)o2)c2ccccc21. The van der Waals surface area contributed by atoms with Crippen LogP contribution in [0.15, 0.2) is 95.6 Å². The average Bonchev–Trinajstić information content (AvgIpc) is 3.20. The predicted octanol–water partition coefficient (Wildman–Crippen LogP) is 5.24. The van der Waals surface area contributed by atoms with E-state index in [0.717, 1.165) is 16.8 Å². The number of nitrogens with zero attached hydrogens (tertiary/aromatic N) is 3. The van der Waals surface area contributed by atoms with Crippen molar-refractivity contribution in [2.24, 2.45) is 7.05 Å². The third-order valence-electron chi connectivity index (χ3n) is 5.36. The molecule has 30 heavy (non-hydrogen) atoms. The number of hydrogen-bond donors (Lipinski definition) is 0. The Kier molecular flexibility index (Phi) is 4.52. The molecule has 4 heteroatoms. The number of aromatic nitrogens is 2. The highest BCUT2D eigenvalue weighted by Crippen LogP contribution is 2.38. The maximum absolute atomic E-state index is 5.84. The van der Waals surface area contributed by atoms with Gasteiger partial charge in [-0.25, -0.2) is 4.57 Å². The summed E-state index contributed by atoms with van der Waals surface area (Å²) >= 11 is 0. The summed E-state index contributed by atoms with van der Waals surface area (Å²) in [5.41, 5.74) is 7.52. The number of para-hydroxylation sites is 1. The number of hydrogen-bond acceptors (Lipinski definition) is 3. The van der Waals surface area contributed by atoms with Gasteiger partial charge in [0.25, 0.3) is 0 Å². The number of rotatable bonds is 3. The molecule has 0 atom stereocenters. The quantitative estimate of drug-likeness (QED) is 0.447. The average molecular weight is 392 g/mol. The lowest BCUT2D eigenvalue weighted by atomic mass is 9.95. The summed E-state index contributed by atoms with van der Waals surface area (Å²) < 4.78 is 7.80. The number of fused-ring (bicyclic) bond motifs is 2. The second-order valence-electron chi connectivity index (χ2n) is 7.31. The van der Waals surface area contributed by atoms with Crippen LogP contribution in [0, 0.1) is 0 Å². The van der Waals surface area contributed by atoms with Crippen LogP contribution < -0.4 is 9.47 Å². The second kappa shape index (κ2) is 7.48. The molecule has 0 bridgehead atoms. The number of allylic oxidation sites excluding steroid dienone is 4. The van der Waals surface area contributed by atoms with Crippen LogP contribution in [0.25, 0.3) is 28.6 Å². The van der Waals surface area contributed by atoms with Gasteiger partial charge in [0.1, 0.15) is 0 Å². The van der Waals surface area contributed by atoms with E-state index in [-0.39, 0.29) is 0 Å². The topological polar surface area (TPSA) is 33.2 Å². The Hall–Kier alpha value is -3.92. The minimum Gasteiger partial charge on any atom is -0.411 e. The molecule has 2 aromatic carbocycles. The van der Waals surface area contributed by atoms with E-state index in [1.807, 2.05) is 48.2 Å². The Balaban J connectivity index is 1.55. The first-order valence-electron chi connectivity index (χ1n) is 9.94. The first-order valence-corrected chi connectivity index (χ1v) is 9.94. The third-order valence-corrected chi connectivity index (χ3v) is 5.36. The van der Waals surface area contributed by atoms with Gasteiger partial charge in [-0.15, -0.1) is 0 Å². The molecule has 0 aliphatic carbocycles. The molecular formula is C26H22N3O+. The second-order valence-corrected chi connectivity index (χ2v) is 7.31.